The summed E-state index contributed by atoms with van der Waals surface area (Å²) < 4.78 is 59.1. The van der Waals surface area contributed by atoms with Crippen LogP contribution in [0.2, 0.25) is 0 Å². The van der Waals surface area contributed by atoms with Crippen LogP contribution < -0.4 is 0 Å². The Morgan fingerprint density at radius 1 is 0.939 bits per heavy atom. The first-order valence-corrected chi connectivity index (χ1v) is 11.8. The molecule has 0 aliphatic carbocycles. The maximum absolute atomic E-state index is 13.5. The summed E-state index contributed by atoms with van der Waals surface area (Å²) in [7, 11) is -2.59. The predicted molar refractivity (Wildman–Crippen MR) is 117 cm³/mol. The van der Waals surface area contributed by atoms with E-state index in [0.717, 1.165) is 11.1 Å². The molecule has 2 heterocycles. The summed E-state index contributed by atoms with van der Waals surface area (Å²) >= 11 is 0. The number of nitrogens with zero attached hydrogens (tertiary/aromatic N) is 2. The Balaban J connectivity index is 1.54. The molecule has 1 aliphatic heterocycles. The zero-order chi connectivity index (χ0) is 23.6. The number of rotatable bonds is 6. The SMILES string of the molecule is COC(=O)c1cc(S(=O)(=O)N2CCN(C(c3ccc(F)cc3)c3ccc(F)cc3)CC2)c[nH]1. The maximum atomic E-state index is 13.5. The second kappa shape index (κ2) is 9.42. The lowest BCUT2D eigenvalue weighted by atomic mass is 9.96. The number of hydrogen-bond donors (Lipinski definition) is 1. The fraction of sp³-hybridized carbons (Fsp3) is 0.261. The second-order valence-electron chi connectivity index (χ2n) is 7.69. The smallest absolute Gasteiger partial charge is 0.354 e. The minimum absolute atomic E-state index is 0.00929. The van der Waals surface area contributed by atoms with E-state index in [1.807, 2.05) is 0 Å². The van der Waals surface area contributed by atoms with E-state index in [2.05, 4.69) is 14.6 Å². The maximum Gasteiger partial charge on any atom is 0.354 e. The summed E-state index contributed by atoms with van der Waals surface area (Å²) in [5, 5.41) is 0. The summed E-state index contributed by atoms with van der Waals surface area (Å²) in [6, 6.07) is 13.2. The van der Waals surface area contributed by atoms with E-state index in [-0.39, 0.29) is 41.4 Å². The number of methoxy groups -OCH3 is 1. The summed E-state index contributed by atoms with van der Waals surface area (Å²) in [5.74, 6) is -1.36. The molecule has 1 saturated heterocycles. The van der Waals surface area contributed by atoms with Crippen molar-refractivity contribution in [1.82, 2.24) is 14.2 Å². The number of aromatic amines is 1. The number of carbonyl (C=O) groups is 1. The van der Waals surface area contributed by atoms with E-state index in [4.69, 9.17) is 0 Å². The van der Waals surface area contributed by atoms with Gasteiger partial charge in [-0.15, -0.1) is 0 Å². The topological polar surface area (TPSA) is 82.7 Å². The Labute approximate surface area is 190 Å². The molecule has 0 spiro atoms. The fourth-order valence-electron chi connectivity index (χ4n) is 4.01. The van der Waals surface area contributed by atoms with E-state index in [0.29, 0.717) is 13.1 Å². The van der Waals surface area contributed by atoms with Gasteiger partial charge in [-0.25, -0.2) is 22.0 Å². The number of esters is 1. The van der Waals surface area contributed by atoms with Gasteiger partial charge in [0.25, 0.3) is 0 Å². The number of ether oxygens (including phenoxy) is 1. The van der Waals surface area contributed by atoms with Crippen LogP contribution in [0, 0.1) is 11.6 Å². The largest absolute Gasteiger partial charge is 0.464 e. The molecule has 1 fully saturated rings. The third-order valence-electron chi connectivity index (χ3n) is 5.71. The molecule has 0 radical (unpaired) electrons. The summed E-state index contributed by atoms with van der Waals surface area (Å²) in [6.07, 6.45) is 1.27. The van der Waals surface area contributed by atoms with Gasteiger partial charge in [-0.05, 0) is 41.5 Å². The number of sulfonamides is 1. The van der Waals surface area contributed by atoms with E-state index in [1.54, 1.807) is 24.3 Å². The molecule has 4 rings (SSSR count). The van der Waals surface area contributed by atoms with Crippen molar-refractivity contribution in [1.29, 1.82) is 0 Å². The van der Waals surface area contributed by atoms with Gasteiger partial charge in [0.1, 0.15) is 22.2 Å². The molecule has 33 heavy (non-hydrogen) atoms. The van der Waals surface area contributed by atoms with Gasteiger partial charge in [0.15, 0.2) is 0 Å². The molecule has 0 saturated carbocycles. The van der Waals surface area contributed by atoms with E-state index >= 15 is 0 Å². The molecule has 0 unspecified atom stereocenters. The summed E-state index contributed by atoms with van der Waals surface area (Å²) in [5.41, 5.74) is 1.71. The van der Waals surface area contributed by atoms with Crippen LogP contribution in [-0.2, 0) is 14.8 Å². The number of aromatic nitrogens is 1. The third-order valence-corrected chi connectivity index (χ3v) is 7.59. The van der Waals surface area contributed by atoms with Gasteiger partial charge in [0, 0.05) is 32.4 Å². The van der Waals surface area contributed by atoms with Crippen LogP contribution >= 0.6 is 0 Å². The molecular weight excluding hydrogens is 452 g/mol. The molecule has 7 nitrogen and oxygen atoms in total. The minimum Gasteiger partial charge on any atom is -0.464 e. The zero-order valence-corrected chi connectivity index (χ0v) is 18.7. The minimum atomic E-state index is -3.80. The van der Waals surface area contributed by atoms with Crippen molar-refractivity contribution in [2.24, 2.45) is 0 Å². The van der Waals surface area contributed by atoms with Crippen molar-refractivity contribution in [2.45, 2.75) is 10.9 Å². The number of benzene rings is 2. The third kappa shape index (κ3) is 4.82. The van der Waals surface area contributed by atoms with Gasteiger partial charge in [-0.3, -0.25) is 4.90 Å². The molecule has 2 aromatic carbocycles. The lowest BCUT2D eigenvalue weighted by Crippen LogP contribution is -2.49. The lowest BCUT2D eigenvalue weighted by Gasteiger charge is -2.39. The Hall–Kier alpha value is -3.08. The number of halogens is 2. The van der Waals surface area contributed by atoms with Crippen LogP contribution in [0.5, 0.6) is 0 Å². The van der Waals surface area contributed by atoms with Crippen molar-refractivity contribution >= 4 is 16.0 Å². The van der Waals surface area contributed by atoms with Gasteiger partial charge in [0.2, 0.25) is 10.0 Å². The molecular formula is C23H23F2N3O4S. The summed E-state index contributed by atoms with van der Waals surface area (Å²) in [4.78, 5) is 16.4. The number of nitrogens with one attached hydrogen (secondary N) is 1. The highest BCUT2D eigenvalue weighted by Crippen LogP contribution is 2.31. The van der Waals surface area contributed by atoms with Crippen LogP contribution in [0.3, 0.4) is 0 Å². The molecule has 0 amide bonds. The first kappa shape index (κ1) is 23.1. The molecule has 174 valence electrons. The van der Waals surface area contributed by atoms with Gasteiger partial charge in [-0.1, -0.05) is 24.3 Å². The van der Waals surface area contributed by atoms with Crippen molar-refractivity contribution < 1.29 is 26.7 Å². The molecule has 0 atom stereocenters. The molecule has 3 aromatic rings. The molecule has 0 bridgehead atoms. The Morgan fingerprint density at radius 2 is 1.45 bits per heavy atom. The highest BCUT2D eigenvalue weighted by atomic mass is 32.2. The van der Waals surface area contributed by atoms with E-state index in [1.165, 1.54) is 47.9 Å². The highest BCUT2D eigenvalue weighted by Gasteiger charge is 2.33. The average molecular weight is 476 g/mol. The normalized spacial score (nSPS) is 15.6. The molecule has 10 heteroatoms. The average Bonchev–Trinajstić information content (AvgIpc) is 3.33. The van der Waals surface area contributed by atoms with Crippen molar-refractivity contribution in [3.05, 3.63) is 89.2 Å². The predicted octanol–water partition coefficient (Wildman–Crippen LogP) is 3.18. The lowest BCUT2D eigenvalue weighted by molar-refractivity contribution is 0.0594. The van der Waals surface area contributed by atoms with Gasteiger partial charge < -0.3 is 9.72 Å². The highest BCUT2D eigenvalue weighted by molar-refractivity contribution is 7.89. The van der Waals surface area contributed by atoms with Crippen molar-refractivity contribution in [3.63, 3.8) is 0 Å². The van der Waals surface area contributed by atoms with Crippen LogP contribution in [0.4, 0.5) is 8.78 Å². The van der Waals surface area contributed by atoms with Gasteiger partial charge >= 0.3 is 5.97 Å². The van der Waals surface area contributed by atoms with Crippen LogP contribution in [0.1, 0.15) is 27.7 Å². The fourth-order valence-corrected chi connectivity index (χ4v) is 5.42. The Kier molecular flexibility index (Phi) is 6.59. The summed E-state index contributed by atoms with van der Waals surface area (Å²) in [6.45, 7) is 1.26. The van der Waals surface area contributed by atoms with Crippen LogP contribution in [0.25, 0.3) is 0 Å². The number of hydrogen-bond acceptors (Lipinski definition) is 5. The van der Waals surface area contributed by atoms with E-state index in [9.17, 15) is 22.0 Å². The molecule has 1 N–H and O–H groups in total. The number of carbonyl (C=O) groups excluding carboxylic acids is 1. The first-order chi connectivity index (χ1) is 15.8. The Bertz CT molecular complexity index is 1170. The number of piperazine rings is 1. The monoisotopic (exact) mass is 475 g/mol. The van der Waals surface area contributed by atoms with Crippen molar-refractivity contribution in [2.75, 3.05) is 33.3 Å². The zero-order valence-electron chi connectivity index (χ0n) is 17.9. The number of H-pyrrole nitrogens is 1. The van der Waals surface area contributed by atoms with Gasteiger partial charge in [-0.2, -0.15) is 4.31 Å². The first-order valence-electron chi connectivity index (χ1n) is 10.3. The van der Waals surface area contributed by atoms with Crippen LogP contribution in [-0.4, -0.2) is 61.9 Å². The van der Waals surface area contributed by atoms with E-state index < -0.39 is 16.0 Å². The second-order valence-corrected chi connectivity index (χ2v) is 9.62. The Morgan fingerprint density at radius 3 is 1.94 bits per heavy atom. The van der Waals surface area contributed by atoms with Crippen molar-refractivity contribution in [3.8, 4) is 0 Å². The molecule has 1 aromatic heterocycles. The molecule has 1 aliphatic rings. The van der Waals surface area contributed by atoms with Crippen LogP contribution in [0.15, 0.2) is 65.7 Å². The quantitative estimate of drug-likeness (QED) is 0.554. The standard InChI is InChI=1S/C23H23F2N3O4S/c1-32-23(29)21-14-20(15-26-21)33(30,31)28-12-10-27(11-13-28)22(16-2-6-18(24)7-3-16)17-4-8-19(25)9-5-17/h2-9,14-15,22,26H,10-13H2,1H3. The van der Waals surface area contributed by atoms with Gasteiger partial charge in [0.05, 0.1) is 13.2 Å².